The fourth-order valence-corrected chi connectivity index (χ4v) is 1.03. The molecular weight excluding hydrogens is 236 g/mol. The maximum atomic E-state index is 11.8. The van der Waals surface area contributed by atoms with E-state index in [2.05, 4.69) is 10.5 Å². The summed E-state index contributed by atoms with van der Waals surface area (Å²) in [5.41, 5.74) is 1.64. The largest absolute Gasteiger partial charge is 0.494 e. The van der Waals surface area contributed by atoms with E-state index < -0.39 is 17.3 Å². The summed E-state index contributed by atoms with van der Waals surface area (Å²) in [6.45, 7) is 5.07. The zero-order chi connectivity index (χ0) is 13.8. The molecule has 1 aromatic rings. The van der Waals surface area contributed by atoms with Crippen LogP contribution < -0.4 is 10.2 Å². The standard InChI is InChI=1S/C12H16N2O4/c1-12(2,3)11(16)18-14-10(15)8-5-6-13-7-9(8)17-4/h5-7H,1-4H3,(H,14,15). The highest BCUT2D eigenvalue weighted by molar-refractivity contribution is 5.96. The van der Waals surface area contributed by atoms with Crippen LogP contribution in [0.15, 0.2) is 18.5 Å². The fraction of sp³-hybridized carbons (Fsp3) is 0.417. The summed E-state index contributed by atoms with van der Waals surface area (Å²) < 4.78 is 4.98. The summed E-state index contributed by atoms with van der Waals surface area (Å²) in [5.74, 6) is -0.780. The molecule has 0 spiro atoms. The molecule has 1 rings (SSSR count). The lowest BCUT2D eigenvalue weighted by Gasteiger charge is -2.16. The van der Waals surface area contributed by atoms with Gasteiger partial charge < -0.3 is 9.57 Å². The molecule has 1 amide bonds. The molecule has 0 atom stereocenters. The molecule has 0 saturated carbocycles. The van der Waals surface area contributed by atoms with Gasteiger partial charge in [-0.3, -0.25) is 9.78 Å². The molecule has 0 aromatic carbocycles. The van der Waals surface area contributed by atoms with Crippen molar-refractivity contribution in [1.82, 2.24) is 10.5 Å². The molecule has 0 unspecified atom stereocenters. The van der Waals surface area contributed by atoms with Crippen LogP contribution in [0.2, 0.25) is 0 Å². The average molecular weight is 252 g/mol. The van der Waals surface area contributed by atoms with E-state index in [4.69, 9.17) is 9.57 Å². The van der Waals surface area contributed by atoms with Gasteiger partial charge in [-0.15, -0.1) is 0 Å². The van der Waals surface area contributed by atoms with Crippen molar-refractivity contribution >= 4 is 11.9 Å². The Morgan fingerprint density at radius 1 is 1.33 bits per heavy atom. The van der Waals surface area contributed by atoms with Gasteiger partial charge in [-0.1, -0.05) is 0 Å². The third-order valence-corrected chi connectivity index (χ3v) is 2.10. The van der Waals surface area contributed by atoms with Crippen LogP contribution in [-0.2, 0) is 9.63 Å². The Morgan fingerprint density at radius 3 is 2.56 bits per heavy atom. The minimum Gasteiger partial charge on any atom is -0.494 e. The average Bonchev–Trinajstić information content (AvgIpc) is 2.34. The maximum Gasteiger partial charge on any atom is 0.337 e. The molecular formula is C12H16N2O4. The smallest absolute Gasteiger partial charge is 0.337 e. The first-order chi connectivity index (χ1) is 8.36. The van der Waals surface area contributed by atoms with E-state index in [9.17, 15) is 9.59 Å². The van der Waals surface area contributed by atoms with Crippen LogP contribution in [-0.4, -0.2) is 24.0 Å². The number of aromatic nitrogens is 1. The van der Waals surface area contributed by atoms with Crippen molar-refractivity contribution in [1.29, 1.82) is 0 Å². The van der Waals surface area contributed by atoms with Gasteiger partial charge in [-0.2, -0.15) is 5.48 Å². The van der Waals surface area contributed by atoms with Crippen LogP contribution in [0.4, 0.5) is 0 Å². The number of carbonyl (C=O) groups excluding carboxylic acids is 2. The second-order valence-electron chi connectivity index (χ2n) is 4.65. The normalized spacial score (nSPS) is 10.7. The molecule has 6 heteroatoms. The Balaban J connectivity index is 2.69. The van der Waals surface area contributed by atoms with Gasteiger partial charge in [0, 0.05) is 6.20 Å². The molecule has 0 aliphatic heterocycles. The number of amides is 1. The Hall–Kier alpha value is -2.11. The lowest BCUT2D eigenvalue weighted by molar-refractivity contribution is -0.158. The van der Waals surface area contributed by atoms with E-state index in [1.165, 1.54) is 25.6 Å². The highest BCUT2D eigenvalue weighted by Gasteiger charge is 2.24. The van der Waals surface area contributed by atoms with E-state index in [0.717, 1.165) is 0 Å². The molecule has 1 heterocycles. The number of methoxy groups -OCH3 is 1. The Kier molecular flexibility index (Phi) is 4.25. The number of carbonyl (C=O) groups is 2. The van der Waals surface area contributed by atoms with Gasteiger partial charge in [0.25, 0.3) is 5.91 Å². The fourth-order valence-electron chi connectivity index (χ4n) is 1.03. The lowest BCUT2D eigenvalue weighted by Crippen LogP contribution is -2.33. The molecule has 0 bridgehead atoms. The van der Waals surface area contributed by atoms with Gasteiger partial charge in [-0.25, -0.2) is 4.79 Å². The number of hydrogen-bond donors (Lipinski definition) is 1. The summed E-state index contributed by atoms with van der Waals surface area (Å²) in [6, 6.07) is 1.47. The van der Waals surface area contributed by atoms with Gasteiger partial charge in [-0.05, 0) is 26.8 Å². The number of pyridine rings is 1. The number of nitrogens with zero attached hydrogens (tertiary/aromatic N) is 1. The Bertz CT molecular complexity index is 452. The number of hydroxylamine groups is 1. The summed E-state index contributed by atoms with van der Waals surface area (Å²) in [7, 11) is 1.43. The second kappa shape index (κ2) is 5.48. The third-order valence-electron chi connectivity index (χ3n) is 2.10. The lowest BCUT2D eigenvalue weighted by atomic mass is 9.98. The third kappa shape index (κ3) is 3.44. The van der Waals surface area contributed by atoms with Crippen LogP contribution >= 0.6 is 0 Å². The predicted octanol–water partition coefficient (Wildman–Crippen LogP) is 1.32. The van der Waals surface area contributed by atoms with Crippen molar-refractivity contribution < 1.29 is 19.2 Å². The highest BCUT2D eigenvalue weighted by atomic mass is 16.7. The van der Waals surface area contributed by atoms with Crippen molar-refractivity contribution in [3.05, 3.63) is 24.0 Å². The van der Waals surface area contributed by atoms with Crippen molar-refractivity contribution in [2.75, 3.05) is 7.11 Å². The number of nitrogens with one attached hydrogen (secondary N) is 1. The Morgan fingerprint density at radius 2 is 2.00 bits per heavy atom. The first-order valence-corrected chi connectivity index (χ1v) is 5.36. The molecule has 0 radical (unpaired) electrons. The highest BCUT2D eigenvalue weighted by Crippen LogP contribution is 2.17. The van der Waals surface area contributed by atoms with E-state index in [1.54, 1.807) is 20.8 Å². The molecule has 0 aliphatic rings. The van der Waals surface area contributed by atoms with E-state index in [1.807, 2.05) is 0 Å². The number of rotatable bonds is 2. The van der Waals surface area contributed by atoms with Gasteiger partial charge in [0.05, 0.1) is 24.3 Å². The Labute approximate surface area is 105 Å². The van der Waals surface area contributed by atoms with Crippen molar-refractivity contribution in [2.24, 2.45) is 5.41 Å². The zero-order valence-electron chi connectivity index (χ0n) is 10.8. The van der Waals surface area contributed by atoms with Crippen molar-refractivity contribution in [2.45, 2.75) is 20.8 Å². The quantitative estimate of drug-likeness (QED) is 0.803. The topological polar surface area (TPSA) is 77.5 Å². The number of ether oxygens (including phenoxy) is 1. The van der Waals surface area contributed by atoms with E-state index in [-0.39, 0.29) is 5.56 Å². The molecule has 18 heavy (non-hydrogen) atoms. The first kappa shape index (κ1) is 14.0. The maximum absolute atomic E-state index is 11.8. The SMILES string of the molecule is COc1cnccc1C(=O)NOC(=O)C(C)(C)C. The van der Waals surface area contributed by atoms with Crippen LogP contribution in [0.25, 0.3) is 0 Å². The zero-order valence-corrected chi connectivity index (χ0v) is 10.8. The molecule has 6 nitrogen and oxygen atoms in total. The van der Waals surface area contributed by atoms with Crippen LogP contribution in [0.3, 0.4) is 0 Å². The molecule has 0 aliphatic carbocycles. The van der Waals surface area contributed by atoms with Gasteiger partial charge in [0.15, 0.2) is 0 Å². The van der Waals surface area contributed by atoms with Gasteiger partial charge >= 0.3 is 5.97 Å². The molecule has 0 saturated heterocycles. The summed E-state index contributed by atoms with van der Waals surface area (Å²) >= 11 is 0. The van der Waals surface area contributed by atoms with Gasteiger partial charge in [0.2, 0.25) is 0 Å². The van der Waals surface area contributed by atoms with E-state index in [0.29, 0.717) is 5.75 Å². The summed E-state index contributed by atoms with van der Waals surface area (Å²) in [5, 5.41) is 0. The van der Waals surface area contributed by atoms with Crippen molar-refractivity contribution in [3.8, 4) is 5.75 Å². The first-order valence-electron chi connectivity index (χ1n) is 5.36. The van der Waals surface area contributed by atoms with Crippen LogP contribution in [0.1, 0.15) is 31.1 Å². The van der Waals surface area contributed by atoms with E-state index >= 15 is 0 Å². The second-order valence-corrected chi connectivity index (χ2v) is 4.65. The minimum atomic E-state index is -0.685. The van der Waals surface area contributed by atoms with Crippen molar-refractivity contribution in [3.63, 3.8) is 0 Å². The van der Waals surface area contributed by atoms with Gasteiger partial charge in [0.1, 0.15) is 5.75 Å². The minimum absolute atomic E-state index is 0.245. The van der Waals surface area contributed by atoms with Crippen LogP contribution in [0, 0.1) is 5.41 Å². The monoisotopic (exact) mass is 252 g/mol. The molecule has 1 aromatic heterocycles. The summed E-state index contributed by atoms with van der Waals surface area (Å²) in [4.78, 5) is 31.8. The molecule has 98 valence electrons. The summed E-state index contributed by atoms with van der Waals surface area (Å²) in [6.07, 6.45) is 2.85. The number of hydrogen-bond acceptors (Lipinski definition) is 5. The predicted molar refractivity (Wildman–Crippen MR) is 63.8 cm³/mol. The van der Waals surface area contributed by atoms with Crippen LogP contribution in [0.5, 0.6) is 5.75 Å². The molecule has 1 N–H and O–H groups in total. The molecule has 0 fully saturated rings.